The van der Waals surface area contributed by atoms with Crippen LogP contribution in [0, 0.1) is 0 Å². The summed E-state index contributed by atoms with van der Waals surface area (Å²) in [4.78, 5) is 0. The molecule has 0 aliphatic carbocycles. The molecule has 0 bridgehead atoms. The first-order valence-corrected chi connectivity index (χ1v) is 11.9. The van der Waals surface area contributed by atoms with Gasteiger partial charge in [0.1, 0.15) is 0 Å². The van der Waals surface area contributed by atoms with Crippen LogP contribution in [0.15, 0.2) is 12.2 Å². The molecule has 1 atom stereocenters. The second-order valence-electron chi connectivity index (χ2n) is 7.10. The molecule has 0 amide bonds. The van der Waals surface area contributed by atoms with E-state index in [0.29, 0.717) is 6.42 Å². The van der Waals surface area contributed by atoms with Crippen LogP contribution < -0.4 is 0 Å². The van der Waals surface area contributed by atoms with Crippen LogP contribution in [0.5, 0.6) is 0 Å². The Morgan fingerprint density at radius 1 is 0.800 bits per heavy atom. The summed E-state index contributed by atoms with van der Waals surface area (Å²) < 4.78 is 29.7. The maximum Gasteiger partial charge on any atom is 0.264 e. The average Bonchev–Trinajstić information content (AvgIpc) is 2.55. The van der Waals surface area contributed by atoms with Crippen molar-refractivity contribution in [2.75, 3.05) is 5.75 Å². The minimum absolute atomic E-state index is 0.0973. The zero-order valence-corrected chi connectivity index (χ0v) is 17.0. The molecule has 4 nitrogen and oxygen atoms in total. The Morgan fingerprint density at radius 2 is 1.28 bits per heavy atom. The summed E-state index contributed by atoms with van der Waals surface area (Å²) in [6.45, 7) is 2.14. The van der Waals surface area contributed by atoms with E-state index in [9.17, 15) is 13.5 Å². The Kier molecular flexibility index (Phi) is 16.8. The largest absolute Gasteiger partial charge is 0.389 e. The topological polar surface area (TPSA) is 74.6 Å². The number of aliphatic hydroxyl groups is 1. The van der Waals surface area contributed by atoms with E-state index in [0.717, 1.165) is 44.9 Å². The van der Waals surface area contributed by atoms with Crippen LogP contribution in [0.1, 0.15) is 103 Å². The first kappa shape index (κ1) is 24.6. The summed E-state index contributed by atoms with van der Waals surface area (Å²) in [6, 6.07) is 0. The molecule has 150 valence electrons. The molecule has 0 fully saturated rings. The first-order valence-electron chi connectivity index (χ1n) is 10.3. The summed E-state index contributed by atoms with van der Waals surface area (Å²) in [5.41, 5.74) is 0. The average molecular weight is 377 g/mol. The van der Waals surface area contributed by atoms with Crippen molar-refractivity contribution in [3.8, 4) is 0 Å². The fourth-order valence-electron chi connectivity index (χ4n) is 2.90. The third-order valence-corrected chi connectivity index (χ3v) is 5.29. The standard InChI is InChI=1S/C20H40O4S/c1-2-3-17-20(21)18-15-13-11-9-7-5-4-6-8-10-12-14-16-19-25(22,23)24/h15,18,20-21H,2-14,16-17,19H2,1H3,(H,22,23,24). The second-order valence-corrected chi connectivity index (χ2v) is 8.67. The van der Waals surface area contributed by atoms with Crippen LogP contribution >= 0.6 is 0 Å². The molecule has 0 saturated carbocycles. The van der Waals surface area contributed by atoms with Gasteiger partial charge in [-0.2, -0.15) is 8.42 Å². The fourth-order valence-corrected chi connectivity index (χ4v) is 3.47. The van der Waals surface area contributed by atoms with Crippen molar-refractivity contribution in [2.24, 2.45) is 0 Å². The molecular weight excluding hydrogens is 336 g/mol. The Hall–Kier alpha value is -0.390. The molecule has 0 rings (SSSR count). The molecular formula is C20H40O4S. The molecule has 0 aromatic rings. The van der Waals surface area contributed by atoms with E-state index in [1.165, 1.54) is 44.9 Å². The third kappa shape index (κ3) is 21.6. The highest BCUT2D eigenvalue weighted by molar-refractivity contribution is 7.85. The van der Waals surface area contributed by atoms with Crippen LogP contribution in [-0.2, 0) is 10.1 Å². The fraction of sp³-hybridized carbons (Fsp3) is 0.900. The lowest BCUT2D eigenvalue weighted by atomic mass is 10.0. The van der Waals surface area contributed by atoms with Gasteiger partial charge in [-0.15, -0.1) is 0 Å². The van der Waals surface area contributed by atoms with Crippen LogP contribution in [0.3, 0.4) is 0 Å². The molecule has 0 aromatic carbocycles. The zero-order chi connectivity index (χ0) is 18.8. The minimum Gasteiger partial charge on any atom is -0.389 e. The minimum atomic E-state index is -3.77. The molecule has 25 heavy (non-hydrogen) atoms. The maximum atomic E-state index is 10.6. The predicted molar refractivity (Wildman–Crippen MR) is 106 cm³/mol. The van der Waals surface area contributed by atoms with Gasteiger partial charge >= 0.3 is 0 Å². The summed E-state index contributed by atoms with van der Waals surface area (Å²) >= 11 is 0. The predicted octanol–water partition coefficient (Wildman–Crippen LogP) is 5.66. The van der Waals surface area contributed by atoms with Gasteiger partial charge in [-0.05, 0) is 25.7 Å². The Balaban J connectivity index is 3.20. The van der Waals surface area contributed by atoms with E-state index >= 15 is 0 Å². The van der Waals surface area contributed by atoms with Gasteiger partial charge in [0.25, 0.3) is 10.1 Å². The van der Waals surface area contributed by atoms with Gasteiger partial charge < -0.3 is 5.11 Å². The SMILES string of the molecule is CCCCC(O)C=CCCCCCCCCCCCCCS(=O)(=O)O. The van der Waals surface area contributed by atoms with E-state index in [-0.39, 0.29) is 11.9 Å². The highest BCUT2D eigenvalue weighted by Gasteiger charge is 2.02. The Labute approximate surface area is 155 Å². The van der Waals surface area contributed by atoms with Gasteiger partial charge in [0.15, 0.2) is 0 Å². The molecule has 0 aliphatic heterocycles. The highest BCUT2D eigenvalue weighted by atomic mass is 32.2. The first-order chi connectivity index (χ1) is 12.0. The van der Waals surface area contributed by atoms with Crippen molar-refractivity contribution in [3.05, 3.63) is 12.2 Å². The lowest BCUT2D eigenvalue weighted by molar-refractivity contribution is 0.209. The zero-order valence-electron chi connectivity index (χ0n) is 16.2. The second kappa shape index (κ2) is 17.0. The van der Waals surface area contributed by atoms with Crippen LogP contribution in [0.2, 0.25) is 0 Å². The number of rotatable bonds is 18. The molecule has 0 saturated heterocycles. The number of allylic oxidation sites excluding steroid dienone is 1. The summed E-state index contributed by atoms with van der Waals surface area (Å²) in [5.74, 6) is -0.0973. The van der Waals surface area contributed by atoms with E-state index in [2.05, 4.69) is 13.0 Å². The van der Waals surface area contributed by atoms with Crippen molar-refractivity contribution in [3.63, 3.8) is 0 Å². The van der Waals surface area contributed by atoms with Gasteiger partial charge in [0.05, 0.1) is 11.9 Å². The van der Waals surface area contributed by atoms with E-state index in [1.807, 2.05) is 6.08 Å². The van der Waals surface area contributed by atoms with Crippen LogP contribution in [0.4, 0.5) is 0 Å². The third-order valence-electron chi connectivity index (χ3n) is 4.48. The van der Waals surface area contributed by atoms with Crippen molar-refractivity contribution < 1.29 is 18.1 Å². The van der Waals surface area contributed by atoms with E-state index in [1.54, 1.807) is 0 Å². The number of hydrogen-bond donors (Lipinski definition) is 2. The van der Waals surface area contributed by atoms with Crippen molar-refractivity contribution in [1.29, 1.82) is 0 Å². The summed E-state index contributed by atoms with van der Waals surface area (Å²) in [7, 11) is -3.77. The maximum absolute atomic E-state index is 10.6. The van der Waals surface area contributed by atoms with Gasteiger partial charge in [-0.25, -0.2) is 0 Å². The normalized spacial score (nSPS) is 13.6. The molecule has 0 spiro atoms. The summed E-state index contributed by atoms with van der Waals surface area (Å²) in [6.07, 6.45) is 20.5. The quantitative estimate of drug-likeness (QED) is 0.184. The number of aliphatic hydroxyl groups excluding tert-OH is 1. The highest BCUT2D eigenvalue weighted by Crippen LogP contribution is 2.12. The van der Waals surface area contributed by atoms with Crippen molar-refractivity contribution in [1.82, 2.24) is 0 Å². The molecule has 0 aromatic heterocycles. The molecule has 2 N–H and O–H groups in total. The van der Waals surface area contributed by atoms with Crippen molar-refractivity contribution in [2.45, 2.75) is 109 Å². The van der Waals surface area contributed by atoms with Crippen molar-refractivity contribution >= 4 is 10.1 Å². The Morgan fingerprint density at radius 3 is 1.76 bits per heavy atom. The van der Waals surface area contributed by atoms with E-state index in [4.69, 9.17) is 4.55 Å². The lowest BCUT2D eigenvalue weighted by Crippen LogP contribution is -2.03. The molecule has 0 aliphatic rings. The van der Waals surface area contributed by atoms with Crippen LogP contribution in [-0.4, -0.2) is 29.9 Å². The molecule has 0 radical (unpaired) electrons. The molecule has 5 heteroatoms. The van der Waals surface area contributed by atoms with Gasteiger partial charge in [0, 0.05) is 0 Å². The van der Waals surface area contributed by atoms with E-state index < -0.39 is 10.1 Å². The van der Waals surface area contributed by atoms with Gasteiger partial charge in [-0.3, -0.25) is 4.55 Å². The van der Waals surface area contributed by atoms with Gasteiger partial charge in [-0.1, -0.05) is 89.7 Å². The Bertz CT molecular complexity index is 404. The molecule has 0 heterocycles. The van der Waals surface area contributed by atoms with Crippen LogP contribution in [0.25, 0.3) is 0 Å². The lowest BCUT2D eigenvalue weighted by Gasteiger charge is -2.04. The number of unbranched alkanes of at least 4 members (excludes halogenated alkanes) is 12. The smallest absolute Gasteiger partial charge is 0.264 e. The summed E-state index contributed by atoms with van der Waals surface area (Å²) in [5, 5.41) is 9.68. The monoisotopic (exact) mass is 376 g/mol. The molecule has 1 unspecified atom stereocenters. The number of hydrogen-bond acceptors (Lipinski definition) is 3. The van der Waals surface area contributed by atoms with Gasteiger partial charge in [0.2, 0.25) is 0 Å².